The van der Waals surface area contributed by atoms with E-state index in [-0.39, 0.29) is 0 Å². The van der Waals surface area contributed by atoms with Crippen molar-refractivity contribution in [2.75, 3.05) is 39.8 Å². The van der Waals surface area contributed by atoms with Crippen molar-refractivity contribution in [1.29, 1.82) is 0 Å². The van der Waals surface area contributed by atoms with E-state index in [9.17, 15) is 0 Å². The fraction of sp³-hybridized carbons (Fsp3) is 1.00. The predicted molar refractivity (Wildman–Crippen MR) is 73.3 cm³/mol. The van der Waals surface area contributed by atoms with Crippen LogP contribution < -0.4 is 5.32 Å². The third-order valence-electron chi connectivity index (χ3n) is 4.08. The van der Waals surface area contributed by atoms with Gasteiger partial charge in [0.1, 0.15) is 0 Å². The van der Waals surface area contributed by atoms with Crippen molar-refractivity contribution in [2.24, 2.45) is 5.92 Å². The molecule has 0 aromatic rings. The Hall–Kier alpha value is -0.120. The number of likely N-dealkylation sites (tertiary alicyclic amines) is 2. The van der Waals surface area contributed by atoms with E-state index in [1.165, 1.54) is 52.0 Å². The summed E-state index contributed by atoms with van der Waals surface area (Å²) in [5.41, 5.74) is 0. The molecule has 0 spiro atoms. The minimum atomic E-state index is 0.623. The minimum absolute atomic E-state index is 0.623. The number of nitrogens with one attached hydrogen (secondary N) is 1. The maximum absolute atomic E-state index is 3.69. The zero-order chi connectivity index (χ0) is 12.3. The van der Waals surface area contributed by atoms with Gasteiger partial charge < -0.3 is 15.1 Å². The summed E-state index contributed by atoms with van der Waals surface area (Å²) in [6, 6.07) is 1.35. The largest absolute Gasteiger partial charge is 0.311 e. The maximum Gasteiger partial charge on any atom is 0.0197 e. The lowest BCUT2D eigenvalue weighted by Gasteiger charge is -2.35. The van der Waals surface area contributed by atoms with E-state index in [0.29, 0.717) is 6.04 Å². The molecule has 0 radical (unpaired) electrons. The number of hydrogen-bond donors (Lipinski definition) is 1. The van der Waals surface area contributed by atoms with Gasteiger partial charge in [0.05, 0.1) is 0 Å². The zero-order valence-electron chi connectivity index (χ0n) is 11.8. The second kappa shape index (κ2) is 6.17. The van der Waals surface area contributed by atoms with Crippen LogP contribution in [-0.4, -0.2) is 61.7 Å². The van der Waals surface area contributed by atoms with E-state index in [4.69, 9.17) is 0 Å². The second-order valence-electron chi connectivity index (χ2n) is 6.34. The van der Waals surface area contributed by atoms with Gasteiger partial charge in [-0.2, -0.15) is 0 Å². The second-order valence-corrected chi connectivity index (χ2v) is 6.34. The summed E-state index contributed by atoms with van der Waals surface area (Å²) in [5.74, 6) is 0.915. The van der Waals surface area contributed by atoms with Crippen LogP contribution in [0.4, 0.5) is 0 Å². The van der Waals surface area contributed by atoms with E-state index >= 15 is 0 Å². The van der Waals surface area contributed by atoms with E-state index in [1.807, 2.05) is 0 Å². The molecule has 100 valence electrons. The molecule has 3 heteroatoms. The lowest BCUT2D eigenvalue weighted by atomic mass is 10.0. The summed E-state index contributed by atoms with van der Waals surface area (Å²) in [6.07, 6.45) is 4.13. The van der Waals surface area contributed by atoms with E-state index in [0.717, 1.165) is 12.0 Å². The molecule has 2 fully saturated rings. The summed E-state index contributed by atoms with van der Waals surface area (Å²) in [7, 11) is 2.25. The summed E-state index contributed by atoms with van der Waals surface area (Å²) in [4.78, 5) is 5.16. The van der Waals surface area contributed by atoms with Crippen LogP contribution >= 0.6 is 0 Å². The predicted octanol–water partition coefficient (Wildman–Crippen LogP) is 1.40. The Morgan fingerprint density at radius 2 is 2.00 bits per heavy atom. The van der Waals surface area contributed by atoms with Crippen LogP contribution in [0, 0.1) is 5.92 Å². The molecular formula is C14H29N3. The van der Waals surface area contributed by atoms with Crippen molar-refractivity contribution in [1.82, 2.24) is 15.1 Å². The number of hydrogen-bond acceptors (Lipinski definition) is 3. The topological polar surface area (TPSA) is 18.5 Å². The van der Waals surface area contributed by atoms with Gasteiger partial charge in [-0.3, -0.25) is 0 Å². The average Bonchev–Trinajstić information content (AvgIpc) is 2.63. The molecule has 2 rings (SSSR count). The Morgan fingerprint density at radius 3 is 2.65 bits per heavy atom. The van der Waals surface area contributed by atoms with E-state index < -0.39 is 0 Å². The highest BCUT2D eigenvalue weighted by Crippen LogP contribution is 2.18. The van der Waals surface area contributed by atoms with Gasteiger partial charge in [0, 0.05) is 31.7 Å². The molecule has 0 aromatic heterocycles. The van der Waals surface area contributed by atoms with E-state index in [1.54, 1.807) is 0 Å². The summed E-state index contributed by atoms with van der Waals surface area (Å²) in [5, 5.41) is 3.69. The van der Waals surface area contributed by atoms with Crippen LogP contribution in [0.5, 0.6) is 0 Å². The van der Waals surface area contributed by atoms with Gasteiger partial charge in [-0.1, -0.05) is 13.8 Å². The van der Waals surface area contributed by atoms with Crippen LogP contribution in [-0.2, 0) is 0 Å². The molecule has 2 aliphatic rings. The molecule has 0 saturated carbocycles. The monoisotopic (exact) mass is 239 g/mol. The van der Waals surface area contributed by atoms with Crippen LogP contribution in [0.1, 0.15) is 33.1 Å². The highest BCUT2D eigenvalue weighted by Gasteiger charge is 2.25. The number of piperidine rings is 1. The summed E-state index contributed by atoms with van der Waals surface area (Å²) < 4.78 is 0. The summed E-state index contributed by atoms with van der Waals surface area (Å²) >= 11 is 0. The van der Waals surface area contributed by atoms with Gasteiger partial charge in [-0.15, -0.1) is 0 Å². The molecular weight excluding hydrogens is 210 g/mol. The van der Waals surface area contributed by atoms with Crippen LogP contribution in [0.3, 0.4) is 0 Å². The molecule has 2 aliphatic heterocycles. The Kier molecular flexibility index (Phi) is 4.83. The first-order valence-corrected chi connectivity index (χ1v) is 7.30. The molecule has 2 heterocycles. The van der Waals surface area contributed by atoms with Crippen molar-refractivity contribution in [3.05, 3.63) is 0 Å². The SMILES string of the molecule is CC(C)NC1CCCN(CC2CCN(C)C2)C1. The molecule has 0 amide bonds. The van der Waals surface area contributed by atoms with Gasteiger partial charge in [-0.05, 0) is 45.3 Å². The molecule has 0 aliphatic carbocycles. The molecule has 0 bridgehead atoms. The Balaban J connectivity index is 1.73. The minimum Gasteiger partial charge on any atom is -0.311 e. The van der Waals surface area contributed by atoms with Crippen LogP contribution in [0.15, 0.2) is 0 Å². The summed E-state index contributed by atoms with van der Waals surface area (Å²) in [6.45, 7) is 11.0. The molecule has 1 N–H and O–H groups in total. The van der Waals surface area contributed by atoms with Gasteiger partial charge >= 0.3 is 0 Å². The molecule has 17 heavy (non-hydrogen) atoms. The van der Waals surface area contributed by atoms with Crippen LogP contribution in [0.25, 0.3) is 0 Å². The number of rotatable bonds is 4. The van der Waals surface area contributed by atoms with Gasteiger partial charge in [-0.25, -0.2) is 0 Å². The highest BCUT2D eigenvalue weighted by atomic mass is 15.2. The number of nitrogens with zero attached hydrogens (tertiary/aromatic N) is 2. The first-order chi connectivity index (χ1) is 8.13. The quantitative estimate of drug-likeness (QED) is 0.800. The molecule has 3 nitrogen and oxygen atoms in total. The molecule has 2 atom stereocenters. The first kappa shape index (κ1) is 13.3. The van der Waals surface area contributed by atoms with Gasteiger partial charge in [0.15, 0.2) is 0 Å². The fourth-order valence-corrected chi connectivity index (χ4v) is 3.37. The van der Waals surface area contributed by atoms with Crippen molar-refractivity contribution < 1.29 is 0 Å². The Bertz CT molecular complexity index is 230. The highest BCUT2D eigenvalue weighted by molar-refractivity contribution is 4.83. The third kappa shape index (κ3) is 4.23. The third-order valence-corrected chi connectivity index (χ3v) is 4.08. The lowest BCUT2D eigenvalue weighted by molar-refractivity contribution is 0.162. The Morgan fingerprint density at radius 1 is 1.18 bits per heavy atom. The molecule has 2 saturated heterocycles. The van der Waals surface area contributed by atoms with Gasteiger partial charge in [0.25, 0.3) is 0 Å². The van der Waals surface area contributed by atoms with Gasteiger partial charge in [0.2, 0.25) is 0 Å². The normalized spacial score (nSPS) is 32.5. The first-order valence-electron chi connectivity index (χ1n) is 7.30. The van der Waals surface area contributed by atoms with E-state index in [2.05, 4.69) is 36.0 Å². The molecule has 0 aromatic carbocycles. The zero-order valence-corrected chi connectivity index (χ0v) is 11.8. The molecule has 2 unspecified atom stereocenters. The van der Waals surface area contributed by atoms with Crippen LogP contribution in [0.2, 0.25) is 0 Å². The Labute approximate surface area is 107 Å². The standard InChI is InChI=1S/C14H29N3/c1-12(2)15-14-5-4-7-17(11-14)10-13-6-8-16(3)9-13/h12-15H,4-11H2,1-3H3. The van der Waals surface area contributed by atoms with Crippen molar-refractivity contribution >= 4 is 0 Å². The lowest BCUT2D eigenvalue weighted by Crippen LogP contribution is -2.49. The maximum atomic E-state index is 3.69. The van der Waals surface area contributed by atoms with Crippen molar-refractivity contribution in [3.8, 4) is 0 Å². The van der Waals surface area contributed by atoms with Crippen molar-refractivity contribution in [3.63, 3.8) is 0 Å². The van der Waals surface area contributed by atoms with Crippen molar-refractivity contribution in [2.45, 2.75) is 45.2 Å². The fourth-order valence-electron chi connectivity index (χ4n) is 3.37. The average molecular weight is 239 g/mol. The smallest absolute Gasteiger partial charge is 0.0197 e.